The smallest absolute Gasteiger partial charge is 0.257 e. The molecule has 0 saturated carbocycles. The van der Waals surface area contributed by atoms with Crippen LogP contribution in [0.5, 0.6) is 11.5 Å². The lowest BCUT2D eigenvalue weighted by atomic mass is 10.1. The van der Waals surface area contributed by atoms with Crippen LogP contribution in [0.25, 0.3) is 0 Å². The van der Waals surface area contributed by atoms with E-state index < -0.39 is 0 Å². The Hall–Kier alpha value is -2.20. The third kappa shape index (κ3) is 3.52. The normalized spacial score (nSPS) is 10.2. The Bertz CT molecular complexity index is 673. The SMILES string of the molecule is COc1ccc(OC)c(C(=O)N(C)Cc2ccccc2Cl)c1. The second-order valence-corrected chi connectivity index (χ2v) is 5.23. The van der Waals surface area contributed by atoms with E-state index in [9.17, 15) is 4.79 Å². The van der Waals surface area contributed by atoms with Crippen LogP contribution >= 0.6 is 11.6 Å². The molecule has 0 heterocycles. The summed E-state index contributed by atoms with van der Waals surface area (Å²) in [5.41, 5.74) is 1.35. The molecule has 2 aromatic rings. The van der Waals surface area contributed by atoms with Gasteiger partial charge in [0.1, 0.15) is 11.5 Å². The summed E-state index contributed by atoms with van der Waals surface area (Å²) in [6.45, 7) is 0.416. The van der Waals surface area contributed by atoms with Gasteiger partial charge in [-0.3, -0.25) is 4.79 Å². The quantitative estimate of drug-likeness (QED) is 0.844. The van der Waals surface area contributed by atoms with Crippen LogP contribution in [-0.4, -0.2) is 32.1 Å². The summed E-state index contributed by atoms with van der Waals surface area (Å²) in [5, 5.41) is 0.639. The number of rotatable bonds is 5. The predicted octanol–water partition coefficient (Wildman–Crippen LogP) is 3.63. The van der Waals surface area contributed by atoms with Crippen molar-refractivity contribution in [2.45, 2.75) is 6.54 Å². The molecule has 0 aliphatic heterocycles. The summed E-state index contributed by atoms with van der Waals surface area (Å²) in [4.78, 5) is 14.3. The number of carbonyl (C=O) groups excluding carboxylic acids is 1. The third-order valence-electron chi connectivity index (χ3n) is 3.35. The first-order valence-corrected chi connectivity index (χ1v) is 7.15. The van der Waals surface area contributed by atoms with E-state index in [-0.39, 0.29) is 5.91 Å². The summed E-state index contributed by atoms with van der Waals surface area (Å²) < 4.78 is 10.4. The molecule has 0 aliphatic carbocycles. The maximum absolute atomic E-state index is 12.7. The molecule has 0 saturated heterocycles. The molecule has 0 radical (unpaired) electrons. The zero-order valence-electron chi connectivity index (χ0n) is 12.8. The van der Waals surface area contributed by atoms with Crippen molar-refractivity contribution in [3.8, 4) is 11.5 Å². The van der Waals surface area contributed by atoms with Gasteiger partial charge in [0.2, 0.25) is 0 Å². The van der Waals surface area contributed by atoms with Gasteiger partial charge >= 0.3 is 0 Å². The summed E-state index contributed by atoms with van der Waals surface area (Å²) in [6, 6.07) is 12.6. The third-order valence-corrected chi connectivity index (χ3v) is 3.72. The Balaban J connectivity index is 2.25. The molecule has 5 heteroatoms. The molecule has 116 valence electrons. The van der Waals surface area contributed by atoms with Gasteiger partial charge in [-0.2, -0.15) is 0 Å². The lowest BCUT2D eigenvalue weighted by Crippen LogP contribution is -2.26. The molecule has 0 aromatic heterocycles. The summed E-state index contributed by atoms with van der Waals surface area (Å²) in [5.74, 6) is 0.961. The van der Waals surface area contributed by atoms with Crippen LogP contribution in [0.2, 0.25) is 5.02 Å². The van der Waals surface area contributed by atoms with Crippen LogP contribution in [0.4, 0.5) is 0 Å². The van der Waals surface area contributed by atoms with Gasteiger partial charge < -0.3 is 14.4 Å². The molecule has 22 heavy (non-hydrogen) atoms. The van der Waals surface area contributed by atoms with Gasteiger partial charge in [-0.1, -0.05) is 29.8 Å². The number of amides is 1. The van der Waals surface area contributed by atoms with Gasteiger partial charge in [-0.25, -0.2) is 0 Å². The van der Waals surface area contributed by atoms with Gasteiger partial charge in [0.05, 0.1) is 19.8 Å². The van der Waals surface area contributed by atoms with Crippen LogP contribution in [0.1, 0.15) is 15.9 Å². The number of halogens is 1. The molecule has 0 bridgehead atoms. The fourth-order valence-electron chi connectivity index (χ4n) is 2.14. The Labute approximate surface area is 135 Å². The van der Waals surface area contributed by atoms with Crippen LogP contribution in [0.15, 0.2) is 42.5 Å². The molecular weight excluding hydrogens is 302 g/mol. The zero-order chi connectivity index (χ0) is 16.1. The van der Waals surface area contributed by atoms with Gasteiger partial charge in [-0.15, -0.1) is 0 Å². The molecule has 1 amide bonds. The largest absolute Gasteiger partial charge is 0.497 e. The molecular formula is C17H18ClNO3. The van der Waals surface area contributed by atoms with Crippen molar-refractivity contribution in [1.29, 1.82) is 0 Å². The number of benzene rings is 2. The monoisotopic (exact) mass is 319 g/mol. The van der Waals surface area contributed by atoms with Crippen LogP contribution < -0.4 is 9.47 Å². The molecule has 0 N–H and O–H groups in total. The number of nitrogens with zero attached hydrogens (tertiary/aromatic N) is 1. The van der Waals surface area contributed by atoms with E-state index in [0.29, 0.717) is 28.6 Å². The molecule has 0 fully saturated rings. The Morgan fingerprint density at radius 3 is 2.50 bits per heavy atom. The lowest BCUT2D eigenvalue weighted by molar-refractivity contribution is 0.0781. The van der Waals surface area contributed by atoms with Crippen LogP contribution in [-0.2, 0) is 6.54 Å². The molecule has 0 atom stereocenters. The van der Waals surface area contributed by atoms with Crippen molar-refractivity contribution < 1.29 is 14.3 Å². The average Bonchev–Trinajstić information content (AvgIpc) is 2.55. The van der Waals surface area contributed by atoms with Gasteiger partial charge in [0, 0.05) is 18.6 Å². The van der Waals surface area contributed by atoms with Crippen molar-refractivity contribution in [3.05, 3.63) is 58.6 Å². The highest BCUT2D eigenvalue weighted by atomic mass is 35.5. The van der Waals surface area contributed by atoms with E-state index in [1.54, 1.807) is 43.3 Å². The number of ether oxygens (including phenoxy) is 2. The zero-order valence-corrected chi connectivity index (χ0v) is 13.6. The highest BCUT2D eigenvalue weighted by molar-refractivity contribution is 6.31. The molecule has 2 rings (SSSR count). The topological polar surface area (TPSA) is 38.8 Å². The fraction of sp³-hybridized carbons (Fsp3) is 0.235. The van der Waals surface area contributed by atoms with Crippen molar-refractivity contribution in [2.24, 2.45) is 0 Å². The minimum absolute atomic E-state index is 0.157. The Kier molecular flexibility index (Phi) is 5.28. The molecule has 4 nitrogen and oxygen atoms in total. The second-order valence-electron chi connectivity index (χ2n) is 4.82. The van der Waals surface area contributed by atoms with Crippen molar-refractivity contribution in [2.75, 3.05) is 21.3 Å². The van der Waals surface area contributed by atoms with Crippen LogP contribution in [0.3, 0.4) is 0 Å². The van der Waals surface area contributed by atoms with E-state index in [2.05, 4.69) is 0 Å². The standard InChI is InChI=1S/C17H18ClNO3/c1-19(11-12-6-4-5-7-15(12)18)17(20)14-10-13(21-2)8-9-16(14)22-3/h4-10H,11H2,1-3H3. The summed E-state index contributed by atoms with van der Waals surface area (Å²) >= 11 is 6.14. The molecule has 0 spiro atoms. The van der Waals surface area contributed by atoms with Crippen LogP contribution in [0, 0.1) is 0 Å². The second kappa shape index (κ2) is 7.18. The Morgan fingerprint density at radius 2 is 1.86 bits per heavy atom. The molecule has 0 unspecified atom stereocenters. The van der Waals surface area contributed by atoms with E-state index >= 15 is 0 Å². The number of hydrogen-bond donors (Lipinski definition) is 0. The highest BCUT2D eigenvalue weighted by Crippen LogP contribution is 2.26. The van der Waals surface area contributed by atoms with Gasteiger partial charge in [-0.05, 0) is 29.8 Å². The number of hydrogen-bond acceptors (Lipinski definition) is 3. The molecule has 2 aromatic carbocycles. The minimum atomic E-state index is -0.157. The number of carbonyl (C=O) groups is 1. The van der Waals surface area contributed by atoms with Gasteiger partial charge in [0.15, 0.2) is 0 Å². The first kappa shape index (κ1) is 16.2. The van der Waals surface area contributed by atoms with E-state index in [4.69, 9.17) is 21.1 Å². The Morgan fingerprint density at radius 1 is 1.14 bits per heavy atom. The van der Waals surface area contributed by atoms with E-state index in [1.807, 2.05) is 18.2 Å². The van der Waals surface area contributed by atoms with E-state index in [0.717, 1.165) is 5.56 Å². The maximum atomic E-state index is 12.7. The predicted molar refractivity (Wildman–Crippen MR) is 86.8 cm³/mol. The number of methoxy groups -OCH3 is 2. The van der Waals surface area contributed by atoms with Crippen molar-refractivity contribution in [1.82, 2.24) is 4.90 Å². The summed E-state index contributed by atoms with van der Waals surface area (Å²) in [7, 11) is 4.82. The van der Waals surface area contributed by atoms with Crippen molar-refractivity contribution >= 4 is 17.5 Å². The lowest BCUT2D eigenvalue weighted by Gasteiger charge is -2.19. The van der Waals surface area contributed by atoms with E-state index in [1.165, 1.54) is 7.11 Å². The molecule has 0 aliphatic rings. The first-order chi connectivity index (χ1) is 10.6. The van der Waals surface area contributed by atoms with Gasteiger partial charge in [0.25, 0.3) is 5.91 Å². The minimum Gasteiger partial charge on any atom is -0.497 e. The average molecular weight is 320 g/mol. The maximum Gasteiger partial charge on any atom is 0.257 e. The summed E-state index contributed by atoms with van der Waals surface area (Å²) in [6.07, 6.45) is 0. The fourth-order valence-corrected chi connectivity index (χ4v) is 2.34. The highest BCUT2D eigenvalue weighted by Gasteiger charge is 2.18. The first-order valence-electron chi connectivity index (χ1n) is 6.77. The van der Waals surface area contributed by atoms with Crippen molar-refractivity contribution in [3.63, 3.8) is 0 Å².